The van der Waals surface area contributed by atoms with Gasteiger partial charge in [-0.1, -0.05) is 0 Å². The lowest BCUT2D eigenvalue weighted by Crippen LogP contribution is -2.40. The van der Waals surface area contributed by atoms with Crippen LogP contribution in [0, 0.1) is 0 Å². The summed E-state index contributed by atoms with van der Waals surface area (Å²) >= 11 is 0. The molecule has 0 radical (unpaired) electrons. The van der Waals surface area contributed by atoms with Crippen molar-refractivity contribution in [3.8, 4) is 17.0 Å². The molecule has 1 fully saturated rings. The van der Waals surface area contributed by atoms with Gasteiger partial charge in [-0.3, -0.25) is 14.0 Å². The number of benzene rings is 1. The van der Waals surface area contributed by atoms with Crippen molar-refractivity contribution in [1.29, 1.82) is 0 Å². The van der Waals surface area contributed by atoms with Crippen LogP contribution < -0.4 is 15.6 Å². The standard InChI is InChI=1S/C20H22N4O4/c1-23-17(13-5-7-15(27-2)8-6-13)11-24-10-16(22-18(24)20(23)26)19(25)21-14-4-3-9-28-12-14/h5-8,10-11,14H,3-4,9,12H2,1-2H3,(H,21,25)/t14-/m0/s1. The molecule has 3 heterocycles. The lowest BCUT2D eigenvalue weighted by Gasteiger charge is -2.22. The molecule has 3 aromatic rings. The lowest BCUT2D eigenvalue weighted by molar-refractivity contribution is 0.0622. The van der Waals surface area contributed by atoms with Gasteiger partial charge in [0.15, 0.2) is 0 Å². The molecule has 2 aromatic heterocycles. The number of nitrogens with one attached hydrogen (secondary N) is 1. The molecule has 0 bridgehead atoms. The predicted octanol–water partition coefficient (Wildman–Crippen LogP) is 1.62. The van der Waals surface area contributed by atoms with Crippen molar-refractivity contribution in [1.82, 2.24) is 19.3 Å². The van der Waals surface area contributed by atoms with E-state index in [9.17, 15) is 9.59 Å². The highest BCUT2D eigenvalue weighted by Gasteiger charge is 2.20. The molecule has 4 rings (SSSR count). The number of hydrogen-bond donors (Lipinski definition) is 1. The van der Waals surface area contributed by atoms with Gasteiger partial charge in [0, 0.05) is 31.6 Å². The number of fused-ring (bicyclic) bond motifs is 1. The molecule has 0 unspecified atom stereocenters. The quantitative estimate of drug-likeness (QED) is 0.741. The molecule has 0 aliphatic carbocycles. The van der Waals surface area contributed by atoms with Crippen LogP contribution in [0.5, 0.6) is 5.75 Å². The average Bonchev–Trinajstić information content (AvgIpc) is 3.16. The molecular weight excluding hydrogens is 360 g/mol. The maximum atomic E-state index is 12.8. The van der Waals surface area contributed by atoms with Crippen LogP contribution in [0.1, 0.15) is 23.3 Å². The Morgan fingerprint density at radius 3 is 2.75 bits per heavy atom. The number of rotatable bonds is 4. The fourth-order valence-corrected chi connectivity index (χ4v) is 3.38. The van der Waals surface area contributed by atoms with Gasteiger partial charge in [0.05, 0.1) is 25.5 Å². The second-order valence-corrected chi connectivity index (χ2v) is 6.85. The maximum absolute atomic E-state index is 12.8. The van der Waals surface area contributed by atoms with Crippen LogP contribution in [0.2, 0.25) is 0 Å². The number of aromatic nitrogens is 3. The van der Waals surface area contributed by atoms with Gasteiger partial charge < -0.3 is 19.4 Å². The Morgan fingerprint density at radius 2 is 2.07 bits per heavy atom. The fraction of sp³-hybridized carbons (Fsp3) is 0.350. The third kappa shape index (κ3) is 3.38. The van der Waals surface area contributed by atoms with Crippen molar-refractivity contribution < 1.29 is 14.3 Å². The Balaban J connectivity index is 1.68. The normalized spacial score (nSPS) is 16.9. The predicted molar refractivity (Wildman–Crippen MR) is 104 cm³/mol. The molecule has 1 aliphatic heterocycles. The van der Waals surface area contributed by atoms with Crippen LogP contribution in [-0.4, -0.2) is 46.2 Å². The van der Waals surface area contributed by atoms with E-state index in [2.05, 4.69) is 10.3 Å². The summed E-state index contributed by atoms with van der Waals surface area (Å²) in [5.41, 5.74) is 1.74. The van der Waals surface area contributed by atoms with E-state index in [0.29, 0.717) is 12.3 Å². The van der Waals surface area contributed by atoms with Crippen LogP contribution in [0.4, 0.5) is 0 Å². The highest BCUT2D eigenvalue weighted by atomic mass is 16.5. The zero-order valence-corrected chi connectivity index (χ0v) is 15.8. The summed E-state index contributed by atoms with van der Waals surface area (Å²) in [7, 11) is 3.30. The highest BCUT2D eigenvalue weighted by Crippen LogP contribution is 2.21. The SMILES string of the molecule is COc1ccc(-c2cn3cc(C(=O)N[C@H]4CCCOC4)nc3c(=O)n2C)cc1. The molecule has 0 saturated carbocycles. The van der Waals surface area contributed by atoms with Crippen LogP contribution in [0.15, 0.2) is 41.5 Å². The summed E-state index contributed by atoms with van der Waals surface area (Å²) in [5, 5.41) is 2.93. The number of imidazole rings is 1. The van der Waals surface area contributed by atoms with Crippen LogP contribution in [0.3, 0.4) is 0 Å². The number of carbonyl (C=O) groups is 1. The molecule has 1 aliphatic rings. The van der Waals surface area contributed by atoms with Crippen molar-refractivity contribution in [3.05, 3.63) is 52.7 Å². The molecule has 146 valence electrons. The van der Waals surface area contributed by atoms with E-state index < -0.39 is 0 Å². The first-order chi connectivity index (χ1) is 13.6. The third-order valence-electron chi connectivity index (χ3n) is 4.96. The van der Waals surface area contributed by atoms with Gasteiger partial charge in [-0.05, 0) is 37.1 Å². The summed E-state index contributed by atoms with van der Waals surface area (Å²) in [6.45, 7) is 1.23. The topological polar surface area (TPSA) is 86.9 Å². The van der Waals surface area contributed by atoms with E-state index in [0.717, 1.165) is 30.8 Å². The molecule has 1 amide bonds. The van der Waals surface area contributed by atoms with Gasteiger partial charge in [0.1, 0.15) is 11.4 Å². The van der Waals surface area contributed by atoms with E-state index in [1.165, 1.54) is 4.57 Å². The largest absolute Gasteiger partial charge is 0.497 e. The monoisotopic (exact) mass is 382 g/mol. The first kappa shape index (κ1) is 18.2. The maximum Gasteiger partial charge on any atom is 0.294 e. The van der Waals surface area contributed by atoms with Gasteiger partial charge in [-0.15, -0.1) is 0 Å². The zero-order chi connectivity index (χ0) is 19.7. The number of methoxy groups -OCH3 is 1. The Kier molecular flexibility index (Phi) is 4.87. The summed E-state index contributed by atoms with van der Waals surface area (Å²) < 4.78 is 13.7. The second-order valence-electron chi connectivity index (χ2n) is 6.85. The van der Waals surface area contributed by atoms with Crippen molar-refractivity contribution in [3.63, 3.8) is 0 Å². The summed E-state index contributed by atoms with van der Waals surface area (Å²) in [6, 6.07) is 7.41. The molecule has 8 heteroatoms. The Labute approximate surface area is 161 Å². The van der Waals surface area contributed by atoms with E-state index in [1.54, 1.807) is 31.0 Å². The van der Waals surface area contributed by atoms with Gasteiger partial charge in [-0.25, -0.2) is 4.98 Å². The van der Waals surface area contributed by atoms with E-state index in [1.807, 2.05) is 24.3 Å². The number of carbonyl (C=O) groups excluding carboxylic acids is 1. The number of hydrogen-bond acceptors (Lipinski definition) is 5. The van der Waals surface area contributed by atoms with Crippen molar-refractivity contribution in [2.75, 3.05) is 20.3 Å². The minimum absolute atomic E-state index is 0.0243. The third-order valence-corrected chi connectivity index (χ3v) is 4.96. The lowest BCUT2D eigenvalue weighted by atomic mass is 10.1. The van der Waals surface area contributed by atoms with Gasteiger partial charge in [0.25, 0.3) is 11.5 Å². The van der Waals surface area contributed by atoms with Crippen molar-refractivity contribution >= 4 is 11.6 Å². The van der Waals surface area contributed by atoms with E-state index in [-0.39, 0.29) is 28.8 Å². The van der Waals surface area contributed by atoms with Gasteiger partial charge in [-0.2, -0.15) is 0 Å². The molecule has 8 nitrogen and oxygen atoms in total. The summed E-state index contributed by atoms with van der Waals surface area (Å²) in [6.07, 6.45) is 5.18. The summed E-state index contributed by atoms with van der Waals surface area (Å²) in [5.74, 6) is 0.440. The molecule has 0 spiro atoms. The molecule has 1 atom stereocenters. The van der Waals surface area contributed by atoms with Crippen molar-refractivity contribution in [2.24, 2.45) is 7.05 Å². The van der Waals surface area contributed by atoms with Crippen molar-refractivity contribution in [2.45, 2.75) is 18.9 Å². The first-order valence-electron chi connectivity index (χ1n) is 9.18. The van der Waals surface area contributed by atoms with Crippen LogP contribution >= 0.6 is 0 Å². The highest BCUT2D eigenvalue weighted by molar-refractivity contribution is 5.93. The Hall–Kier alpha value is -3.13. The van der Waals surface area contributed by atoms with Crippen LogP contribution in [0.25, 0.3) is 16.9 Å². The smallest absolute Gasteiger partial charge is 0.294 e. The average molecular weight is 382 g/mol. The Bertz CT molecular complexity index is 1060. The molecular formula is C20H22N4O4. The number of amides is 1. The number of nitrogens with zero attached hydrogens (tertiary/aromatic N) is 3. The first-order valence-corrected chi connectivity index (χ1v) is 9.18. The van der Waals surface area contributed by atoms with E-state index >= 15 is 0 Å². The molecule has 1 aromatic carbocycles. The molecule has 28 heavy (non-hydrogen) atoms. The minimum atomic E-state index is -0.299. The Morgan fingerprint density at radius 1 is 1.29 bits per heavy atom. The fourth-order valence-electron chi connectivity index (χ4n) is 3.38. The van der Waals surface area contributed by atoms with Crippen LogP contribution in [-0.2, 0) is 11.8 Å². The minimum Gasteiger partial charge on any atom is -0.497 e. The van der Waals surface area contributed by atoms with Gasteiger partial charge >= 0.3 is 0 Å². The number of ether oxygens (including phenoxy) is 2. The molecule has 1 N–H and O–H groups in total. The zero-order valence-electron chi connectivity index (χ0n) is 15.8. The van der Waals surface area contributed by atoms with Gasteiger partial charge in [0.2, 0.25) is 5.65 Å². The second kappa shape index (κ2) is 7.47. The summed E-state index contributed by atoms with van der Waals surface area (Å²) in [4.78, 5) is 29.6. The molecule has 1 saturated heterocycles. The van der Waals surface area contributed by atoms with E-state index in [4.69, 9.17) is 9.47 Å².